The number of halogens is 1. The van der Waals surface area contributed by atoms with Crippen LogP contribution in [0.5, 0.6) is 11.5 Å². The van der Waals surface area contributed by atoms with Crippen LogP contribution in [0.1, 0.15) is 21.2 Å². The van der Waals surface area contributed by atoms with Gasteiger partial charge in [0.2, 0.25) is 5.91 Å². The molecule has 0 fully saturated rings. The molecule has 0 heterocycles. The van der Waals surface area contributed by atoms with Crippen molar-refractivity contribution < 1.29 is 23.5 Å². The van der Waals surface area contributed by atoms with Crippen molar-refractivity contribution in [1.82, 2.24) is 0 Å². The minimum Gasteiger partial charge on any atom is -0.497 e. The number of ether oxygens (including phenoxy) is 2. The Hall–Kier alpha value is -4.30. The molecular weight excluding hydrogens is 491 g/mol. The number of nitrogens with one attached hydrogen (secondary N) is 2. The topological polar surface area (TPSA) is 76.7 Å². The summed E-state index contributed by atoms with van der Waals surface area (Å²) in [5.74, 6) is 0.185. The summed E-state index contributed by atoms with van der Waals surface area (Å²) in [6.45, 7) is 0. The molecule has 0 aliphatic rings. The molecule has 0 bridgehead atoms. The van der Waals surface area contributed by atoms with Gasteiger partial charge in [-0.25, -0.2) is 4.39 Å². The molecule has 2 N–H and O–H groups in total. The molecule has 0 aliphatic carbocycles. The van der Waals surface area contributed by atoms with E-state index in [1.165, 1.54) is 36.0 Å². The summed E-state index contributed by atoms with van der Waals surface area (Å²) < 4.78 is 23.7. The number of methoxy groups -OCH3 is 2. The zero-order valence-electron chi connectivity index (χ0n) is 20.2. The molecule has 188 valence electrons. The van der Waals surface area contributed by atoms with E-state index in [4.69, 9.17) is 9.47 Å². The molecule has 1 atom stereocenters. The van der Waals surface area contributed by atoms with Crippen molar-refractivity contribution in [3.63, 3.8) is 0 Å². The molecule has 4 rings (SSSR count). The van der Waals surface area contributed by atoms with Gasteiger partial charge in [-0.2, -0.15) is 0 Å². The number of amides is 2. The minimum absolute atomic E-state index is 0.208. The highest BCUT2D eigenvalue weighted by Gasteiger charge is 2.23. The Kier molecular flexibility index (Phi) is 8.43. The molecular formula is C29H25FN2O4S. The number of benzene rings is 4. The average molecular weight is 517 g/mol. The molecule has 4 aromatic rings. The van der Waals surface area contributed by atoms with E-state index in [9.17, 15) is 14.0 Å². The highest BCUT2D eigenvalue weighted by atomic mass is 32.2. The fraction of sp³-hybridized carbons (Fsp3) is 0.103. The molecule has 0 aliphatic heterocycles. The fourth-order valence-corrected chi connectivity index (χ4v) is 4.57. The van der Waals surface area contributed by atoms with Crippen LogP contribution >= 0.6 is 11.8 Å². The van der Waals surface area contributed by atoms with Gasteiger partial charge < -0.3 is 20.1 Å². The Balaban J connectivity index is 1.50. The maximum atomic E-state index is 13.4. The van der Waals surface area contributed by atoms with Crippen LogP contribution in [0.15, 0.2) is 102 Å². The van der Waals surface area contributed by atoms with Crippen LogP contribution in [0.3, 0.4) is 0 Å². The predicted molar refractivity (Wildman–Crippen MR) is 144 cm³/mol. The van der Waals surface area contributed by atoms with E-state index in [-0.39, 0.29) is 11.8 Å². The summed E-state index contributed by atoms with van der Waals surface area (Å²) in [6, 6.07) is 27.2. The van der Waals surface area contributed by atoms with Crippen molar-refractivity contribution in [3.8, 4) is 11.5 Å². The van der Waals surface area contributed by atoms with Crippen LogP contribution in [-0.4, -0.2) is 26.0 Å². The van der Waals surface area contributed by atoms with Gasteiger partial charge >= 0.3 is 0 Å². The van der Waals surface area contributed by atoms with E-state index >= 15 is 0 Å². The van der Waals surface area contributed by atoms with Gasteiger partial charge in [-0.1, -0.05) is 30.3 Å². The second-order valence-electron chi connectivity index (χ2n) is 7.98. The van der Waals surface area contributed by atoms with Crippen LogP contribution in [0.4, 0.5) is 15.8 Å². The summed E-state index contributed by atoms with van der Waals surface area (Å²) in [5, 5.41) is 5.22. The number of rotatable bonds is 9. The average Bonchev–Trinajstić information content (AvgIpc) is 2.93. The number of hydrogen-bond donors (Lipinski definition) is 2. The van der Waals surface area contributed by atoms with Crippen LogP contribution < -0.4 is 20.1 Å². The monoisotopic (exact) mass is 516 g/mol. The fourth-order valence-electron chi connectivity index (χ4n) is 3.55. The number of carbonyl (C=O) groups excluding carboxylic acids is 2. The van der Waals surface area contributed by atoms with Crippen LogP contribution in [-0.2, 0) is 4.79 Å². The highest BCUT2D eigenvalue weighted by Crippen LogP contribution is 2.37. The molecule has 8 heteroatoms. The van der Waals surface area contributed by atoms with E-state index in [2.05, 4.69) is 10.6 Å². The zero-order chi connectivity index (χ0) is 26.2. The van der Waals surface area contributed by atoms with Crippen molar-refractivity contribution >= 4 is 35.0 Å². The Morgan fingerprint density at radius 3 is 1.97 bits per heavy atom. The molecule has 1 unspecified atom stereocenters. The third kappa shape index (κ3) is 6.89. The van der Waals surface area contributed by atoms with E-state index in [0.717, 1.165) is 10.5 Å². The SMILES string of the molecule is COc1cc(NC(=O)C(Sc2ccc(NC(=O)c3ccc(F)cc3)cc2)c2ccccc2)cc(OC)c1. The van der Waals surface area contributed by atoms with Crippen molar-refractivity contribution in [2.45, 2.75) is 10.1 Å². The van der Waals surface area contributed by atoms with Crippen molar-refractivity contribution in [2.75, 3.05) is 24.9 Å². The van der Waals surface area contributed by atoms with Gasteiger partial charge in [0.25, 0.3) is 5.91 Å². The van der Waals surface area contributed by atoms with Crippen LogP contribution in [0.25, 0.3) is 0 Å². The lowest BCUT2D eigenvalue weighted by atomic mass is 10.1. The Labute approximate surface area is 218 Å². The Bertz CT molecular complexity index is 1340. The lowest BCUT2D eigenvalue weighted by Gasteiger charge is -2.18. The van der Waals surface area contributed by atoms with Gasteiger partial charge in [-0.05, 0) is 54.1 Å². The number of thioether (sulfide) groups is 1. The van der Waals surface area contributed by atoms with Gasteiger partial charge in [0, 0.05) is 40.0 Å². The lowest BCUT2D eigenvalue weighted by Crippen LogP contribution is -2.19. The summed E-state index contributed by atoms with van der Waals surface area (Å²) in [7, 11) is 3.10. The molecule has 37 heavy (non-hydrogen) atoms. The van der Waals surface area contributed by atoms with E-state index in [1.54, 1.807) is 44.6 Å². The van der Waals surface area contributed by atoms with Gasteiger partial charge in [0.1, 0.15) is 22.6 Å². The first-order valence-electron chi connectivity index (χ1n) is 11.4. The summed E-state index contributed by atoms with van der Waals surface area (Å²) in [5.41, 5.74) is 2.34. The maximum Gasteiger partial charge on any atom is 0.255 e. The molecule has 0 radical (unpaired) electrons. The van der Waals surface area contributed by atoms with Gasteiger partial charge in [0.05, 0.1) is 14.2 Å². The molecule has 2 amide bonds. The molecule has 0 saturated heterocycles. The Morgan fingerprint density at radius 1 is 0.757 bits per heavy atom. The summed E-state index contributed by atoms with van der Waals surface area (Å²) >= 11 is 1.39. The third-order valence-electron chi connectivity index (χ3n) is 5.43. The van der Waals surface area contributed by atoms with E-state index < -0.39 is 11.1 Å². The second kappa shape index (κ2) is 12.1. The highest BCUT2D eigenvalue weighted by molar-refractivity contribution is 8.00. The lowest BCUT2D eigenvalue weighted by molar-refractivity contribution is -0.115. The standard InChI is InChI=1S/C29H25FN2O4S/c1-35-24-16-23(17-25(18-24)36-2)32-29(34)27(19-6-4-3-5-7-19)37-26-14-12-22(13-15-26)31-28(33)20-8-10-21(30)11-9-20/h3-18,27H,1-2H3,(H,31,33)(H,32,34). The largest absolute Gasteiger partial charge is 0.497 e. The van der Waals surface area contributed by atoms with Crippen LogP contribution in [0, 0.1) is 5.82 Å². The van der Waals surface area contributed by atoms with Gasteiger partial charge in [-0.3, -0.25) is 9.59 Å². The molecule has 6 nitrogen and oxygen atoms in total. The first kappa shape index (κ1) is 25.8. The van der Waals surface area contributed by atoms with Gasteiger partial charge in [0.15, 0.2) is 0 Å². The van der Waals surface area contributed by atoms with Gasteiger partial charge in [-0.15, -0.1) is 11.8 Å². The van der Waals surface area contributed by atoms with Crippen molar-refractivity contribution in [3.05, 3.63) is 114 Å². The number of carbonyl (C=O) groups is 2. The van der Waals surface area contributed by atoms with Crippen molar-refractivity contribution in [1.29, 1.82) is 0 Å². The number of hydrogen-bond acceptors (Lipinski definition) is 5. The quantitative estimate of drug-likeness (QED) is 0.246. The first-order chi connectivity index (χ1) is 17.9. The van der Waals surface area contributed by atoms with E-state index in [1.807, 2.05) is 42.5 Å². The maximum absolute atomic E-state index is 13.4. The smallest absolute Gasteiger partial charge is 0.255 e. The third-order valence-corrected chi connectivity index (χ3v) is 6.70. The minimum atomic E-state index is -0.543. The molecule has 4 aromatic carbocycles. The summed E-state index contributed by atoms with van der Waals surface area (Å²) in [4.78, 5) is 26.7. The number of anilines is 2. The van der Waals surface area contributed by atoms with Crippen LogP contribution in [0.2, 0.25) is 0 Å². The first-order valence-corrected chi connectivity index (χ1v) is 12.3. The molecule has 0 saturated carbocycles. The molecule has 0 aromatic heterocycles. The summed E-state index contributed by atoms with van der Waals surface area (Å²) in [6.07, 6.45) is 0. The zero-order valence-corrected chi connectivity index (χ0v) is 21.1. The van der Waals surface area contributed by atoms with E-state index in [0.29, 0.717) is 28.4 Å². The second-order valence-corrected chi connectivity index (χ2v) is 9.16. The normalized spacial score (nSPS) is 11.3. The predicted octanol–water partition coefficient (Wildman–Crippen LogP) is 6.57. The van der Waals surface area contributed by atoms with Crippen molar-refractivity contribution in [2.24, 2.45) is 0 Å². The Morgan fingerprint density at radius 2 is 1.38 bits per heavy atom. The molecule has 0 spiro atoms.